The highest BCUT2D eigenvalue weighted by molar-refractivity contribution is 7.09. The summed E-state index contributed by atoms with van der Waals surface area (Å²) in [6, 6.07) is 6.36. The third-order valence-corrected chi connectivity index (χ3v) is 7.33. The predicted molar refractivity (Wildman–Crippen MR) is 125 cm³/mol. The molecule has 1 aliphatic heterocycles. The second kappa shape index (κ2) is 8.71. The maximum Gasteiger partial charge on any atom is 0.254 e. The predicted octanol–water partition coefficient (Wildman–Crippen LogP) is 4.44. The number of thiophene rings is 1. The summed E-state index contributed by atoms with van der Waals surface area (Å²) in [6.45, 7) is 9.43. The van der Waals surface area contributed by atoms with Crippen LogP contribution in [0.2, 0.25) is 0 Å². The number of fused-ring (bicyclic) bond motifs is 1. The third-order valence-electron chi connectivity index (χ3n) is 6.47. The minimum atomic E-state index is 0.142. The van der Waals surface area contributed by atoms with E-state index in [0.29, 0.717) is 5.92 Å². The summed E-state index contributed by atoms with van der Waals surface area (Å²) in [7, 11) is 0. The maximum absolute atomic E-state index is 13.7. The van der Waals surface area contributed by atoms with Crippen LogP contribution in [0.25, 0.3) is 11.0 Å². The lowest BCUT2D eigenvalue weighted by Crippen LogP contribution is -2.48. The number of carbonyl (C=O) groups is 1. The monoisotopic (exact) mass is 437 g/mol. The molecule has 0 aromatic carbocycles. The van der Waals surface area contributed by atoms with Gasteiger partial charge in [-0.3, -0.25) is 9.69 Å². The van der Waals surface area contributed by atoms with Gasteiger partial charge in [0.05, 0.1) is 16.6 Å². The van der Waals surface area contributed by atoms with E-state index in [0.717, 1.165) is 80.1 Å². The van der Waals surface area contributed by atoms with Gasteiger partial charge >= 0.3 is 0 Å². The number of hydrogen-bond acceptors (Lipinski definition) is 5. The second-order valence-electron chi connectivity index (χ2n) is 8.88. The minimum absolute atomic E-state index is 0.142. The van der Waals surface area contributed by atoms with Crippen LogP contribution in [0.3, 0.4) is 0 Å². The van der Waals surface area contributed by atoms with Crippen molar-refractivity contribution in [3.8, 4) is 0 Å². The van der Waals surface area contributed by atoms with Crippen molar-refractivity contribution in [2.24, 2.45) is 0 Å². The van der Waals surface area contributed by atoms with Gasteiger partial charge in [-0.1, -0.05) is 19.4 Å². The van der Waals surface area contributed by atoms with E-state index in [1.54, 1.807) is 11.3 Å². The highest BCUT2D eigenvalue weighted by Crippen LogP contribution is 2.40. The molecule has 0 radical (unpaired) electrons. The fourth-order valence-corrected chi connectivity index (χ4v) is 5.24. The molecule has 3 aromatic heterocycles. The van der Waals surface area contributed by atoms with Crippen molar-refractivity contribution >= 4 is 28.3 Å². The summed E-state index contributed by atoms with van der Waals surface area (Å²) >= 11 is 1.80. The van der Waals surface area contributed by atoms with Gasteiger partial charge in [-0.15, -0.1) is 11.3 Å². The highest BCUT2D eigenvalue weighted by Gasteiger charge is 2.31. The molecule has 31 heavy (non-hydrogen) atoms. The molecule has 0 spiro atoms. The van der Waals surface area contributed by atoms with Gasteiger partial charge in [-0.05, 0) is 43.7 Å². The molecule has 7 heteroatoms. The van der Waals surface area contributed by atoms with Gasteiger partial charge in [0.25, 0.3) is 5.91 Å². The van der Waals surface area contributed by atoms with E-state index in [2.05, 4.69) is 35.4 Å². The molecule has 0 unspecified atom stereocenters. The number of hydrogen-bond donors (Lipinski definition) is 0. The summed E-state index contributed by atoms with van der Waals surface area (Å²) in [4.78, 5) is 24.5. The van der Waals surface area contributed by atoms with Crippen molar-refractivity contribution in [1.82, 2.24) is 24.6 Å². The zero-order valence-corrected chi connectivity index (χ0v) is 19.3. The smallest absolute Gasteiger partial charge is 0.254 e. The quantitative estimate of drug-likeness (QED) is 0.548. The van der Waals surface area contributed by atoms with E-state index in [9.17, 15) is 4.79 Å². The number of aryl methyl sites for hydroxylation is 2. The lowest BCUT2D eigenvalue weighted by Gasteiger charge is -2.34. The SMILES string of the molecule is CCCCn1nc(C)c2c(C(=O)N3CCN(Cc4cccs4)CC3)cc(C3CC3)nc21. The number of amides is 1. The number of aromatic nitrogens is 3. The van der Waals surface area contributed by atoms with Crippen LogP contribution in [0, 0.1) is 6.92 Å². The number of nitrogens with zero attached hydrogens (tertiary/aromatic N) is 5. The molecule has 1 aliphatic carbocycles. The lowest BCUT2D eigenvalue weighted by molar-refractivity contribution is 0.0631. The van der Waals surface area contributed by atoms with E-state index < -0.39 is 0 Å². The Balaban J connectivity index is 1.40. The first-order valence-electron chi connectivity index (χ1n) is 11.6. The molecule has 0 N–H and O–H groups in total. The van der Waals surface area contributed by atoms with Crippen molar-refractivity contribution < 1.29 is 4.79 Å². The molecular weight excluding hydrogens is 406 g/mol. The zero-order chi connectivity index (χ0) is 21.4. The van der Waals surface area contributed by atoms with Crippen LogP contribution in [-0.4, -0.2) is 56.7 Å². The van der Waals surface area contributed by atoms with E-state index in [1.165, 1.54) is 17.7 Å². The number of rotatable bonds is 7. The first-order chi connectivity index (χ1) is 15.1. The van der Waals surface area contributed by atoms with Gasteiger partial charge in [0, 0.05) is 55.8 Å². The van der Waals surface area contributed by atoms with Gasteiger partial charge in [-0.25, -0.2) is 9.67 Å². The fraction of sp³-hybridized carbons (Fsp3) is 0.542. The van der Waals surface area contributed by atoms with E-state index in [4.69, 9.17) is 10.1 Å². The highest BCUT2D eigenvalue weighted by atomic mass is 32.1. The molecule has 2 aliphatic rings. The Bertz CT molecular complexity index is 1060. The molecule has 6 nitrogen and oxygen atoms in total. The van der Waals surface area contributed by atoms with Crippen LogP contribution in [0.1, 0.15) is 65.1 Å². The Labute approximate surface area is 187 Å². The number of pyridine rings is 1. The van der Waals surface area contributed by atoms with Crippen LogP contribution in [0.4, 0.5) is 0 Å². The van der Waals surface area contributed by atoms with E-state index in [1.807, 2.05) is 16.5 Å². The topological polar surface area (TPSA) is 54.3 Å². The van der Waals surface area contributed by atoms with Crippen LogP contribution in [0.15, 0.2) is 23.6 Å². The summed E-state index contributed by atoms with van der Waals surface area (Å²) in [6.07, 6.45) is 4.54. The summed E-state index contributed by atoms with van der Waals surface area (Å²) in [5.74, 6) is 0.650. The first kappa shape index (κ1) is 20.6. The Morgan fingerprint density at radius 1 is 1.23 bits per heavy atom. The van der Waals surface area contributed by atoms with Gasteiger partial charge in [0.1, 0.15) is 0 Å². The van der Waals surface area contributed by atoms with Crippen molar-refractivity contribution in [2.45, 2.75) is 58.5 Å². The van der Waals surface area contributed by atoms with Crippen LogP contribution in [-0.2, 0) is 13.1 Å². The molecular formula is C24H31N5OS. The molecule has 5 rings (SSSR count). The average Bonchev–Trinajstić information content (AvgIpc) is 3.43. The Morgan fingerprint density at radius 3 is 2.71 bits per heavy atom. The molecule has 4 heterocycles. The zero-order valence-electron chi connectivity index (χ0n) is 18.5. The average molecular weight is 438 g/mol. The standard InChI is InChI=1S/C24H31N5OS/c1-3-4-9-29-23-22(17(2)26-29)20(15-21(25-23)18-7-8-18)24(30)28-12-10-27(11-13-28)16-19-6-5-14-31-19/h5-6,14-15,18H,3-4,7-13,16H2,1-2H3. The molecule has 164 valence electrons. The lowest BCUT2D eigenvalue weighted by atomic mass is 10.1. The Hall–Kier alpha value is -2.25. The second-order valence-corrected chi connectivity index (χ2v) is 9.91. The molecule has 2 fully saturated rings. The largest absolute Gasteiger partial charge is 0.336 e. The molecule has 3 aromatic rings. The van der Waals surface area contributed by atoms with Gasteiger partial charge in [-0.2, -0.15) is 5.10 Å². The summed E-state index contributed by atoms with van der Waals surface area (Å²) in [5.41, 5.74) is 3.69. The maximum atomic E-state index is 13.7. The summed E-state index contributed by atoms with van der Waals surface area (Å²) in [5, 5.41) is 7.85. The van der Waals surface area contributed by atoms with Crippen LogP contribution < -0.4 is 0 Å². The van der Waals surface area contributed by atoms with Crippen molar-refractivity contribution in [3.63, 3.8) is 0 Å². The summed E-state index contributed by atoms with van der Waals surface area (Å²) < 4.78 is 2.02. The number of piperazine rings is 1. The molecule has 1 amide bonds. The van der Waals surface area contributed by atoms with E-state index >= 15 is 0 Å². The van der Waals surface area contributed by atoms with Crippen molar-refractivity contribution in [3.05, 3.63) is 45.4 Å². The molecule has 1 saturated heterocycles. The van der Waals surface area contributed by atoms with Crippen LogP contribution in [0.5, 0.6) is 0 Å². The van der Waals surface area contributed by atoms with Gasteiger partial charge < -0.3 is 4.90 Å². The number of unbranched alkanes of at least 4 members (excludes halogenated alkanes) is 1. The Morgan fingerprint density at radius 2 is 2.03 bits per heavy atom. The Kier molecular flexibility index (Phi) is 5.80. The van der Waals surface area contributed by atoms with Crippen molar-refractivity contribution in [2.75, 3.05) is 26.2 Å². The first-order valence-corrected chi connectivity index (χ1v) is 12.4. The molecule has 0 atom stereocenters. The van der Waals surface area contributed by atoms with Crippen molar-refractivity contribution in [1.29, 1.82) is 0 Å². The van der Waals surface area contributed by atoms with E-state index in [-0.39, 0.29) is 5.91 Å². The molecule has 0 bridgehead atoms. The minimum Gasteiger partial charge on any atom is -0.336 e. The van der Waals surface area contributed by atoms with Gasteiger partial charge in [0.2, 0.25) is 0 Å². The normalized spacial score (nSPS) is 17.5. The molecule has 1 saturated carbocycles. The third kappa shape index (κ3) is 4.26. The van der Waals surface area contributed by atoms with Gasteiger partial charge in [0.15, 0.2) is 5.65 Å². The fourth-order valence-electron chi connectivity index (χ4n) is 4.50. The van der Waals surface area contributed by atoms with Crippen LogP contribution >= 0.6 is 11.3 Å². The number of carbonyl (C=O) groups excluding carboxylic acids is 1.